The van der Waals surface area contributed by atoms with Crippen molar-refractivity contribution in [2.75, 3.05) is 6.54 Å². The minimum absolute atomic E-state index is 0.477. The molecule has 0 aromatic heterocycles. The van der Waals surface area contributed by atoms with E-state index in [1.807, 2.05) is 0 Å². The molecule has 1 nitrogen and oxygen atoms in total. The SMILES string of the molecule is CC(C)(C)C1CCN2Cc3ccccc3CCC2C1. The van der Waals surface area contributed by atoms with E-state index in [2.05, 4.69) is 49.9 Å². The summed E-state index contributed by atoms with van der Waals surface area (Å²) in [6.07, 6.45) is 5.40. The molecule has 0 saturated carbocycles. The zero-order valence-electron chi connectivity index (χ0n) is 12.7. The van der Waals surface area contributed by atoms with E-state index >= 15 is 0 Å². The monoisotopic (exact) mass is 257 g/mol. The number of piperidine rings is 1. The highest BCUT2D eigenvalue weighted by Crippen LogP contribution is 2.39. The first-order valence-corrected chi connectivity index (χ1v) is 7.85. The lowest BCUT2D eigenvalue weighted by Crippen LogP contribution is -2.44. The standard InChI is InChI=1S/C18H27N/c1-18(2,3)16-10-11-19-13-15-7-5-4-6-14(15)8-9-17(19)12-16/h4-7,16-17H,8-13H2,1-3H3. The van der Waals surface area contributed by atoms with E-state index in [0.29, 0.717) is 5.41 Å². The van der Waals surface area contributed by atoms with Crippen LogP contribution in [0.5, 0.6) is 0 Å². The Hall–Kier alpha value is -0.820. The number of aryl methyl sites for hydroxylation is 1. The number of hydrogen-bond donors (Lipinski definition) is 0. The molecule has 2 unspecified atom stereocenters. The van der Waals surface area contributed by atoms with E-state index in [-0.39, 0.29) is 0 Å². The third-order valence-corrected chi connectivity index (χ3v) is 5.30. The van der Waals surface area contributed by atoms with Crippen molar-refractivity contribution in [3.63, 3.8) is 0 Å². The highest BCUT2D eigenvalue weighted by atomic mass is 15.2. The van der Waals surface area contributed by atoms with Gasteiger partial charge >= 0.3 is 0 Å². The lowest BCUT2D eigenvalue weighted by atomic mass is 9.72. The van der Waals surface area contributed by atoms with Crippen LogP contribution in [0, 0.1) is 11.3 Å². The van der Waals surface area contributed by atoms with Gasteiger partial charge in [0.15, 0.2) is 0 Å². The molecule has 19 heavy (non-hydrogen) atoms. The van der Waals surface area contributed by atoms with Crippen LogP contribution < -0.4 is 0 Å². The van der Waals surface area contributed by atoms with Crippen LogP contribution in [0.4, 0.5) is 0 Å². The molecule has 3 rings (SSSR count). The summed E-state index contributed by atoms with van der Waals surface area (Å²) in [6.45, 7) is 9.72. The first-order chi connectivity index (χ1) is 9.04. The van der Waals surface area contributed by atoms with Crippen molar-refractivity contribution in [2.45, 2.75) is 59.0 Å². The summed E-state index contributed by atoms with van der Waals surface area (Å²) in [4.78, 5) is 2.74. The van der Waals surface area contributed by atoms with E-state index < -0.39 is 0 Å². The second-order valence-corrected chi connectivity index (χ2v) is 7.52. The third-order valence-electron chi connectivity index (χ3n) is 5.30. The van der Waals surface area contributed by atoms with Gasteiger partial charge in [-0.15, -0.1) is 0 Å². The fourth-order valence-corrected chi connectivity index (χ4v) is 3.89. The van der Waals surface area contributed by atoms with E-state index in [9.17, 15) is 0 Å². The molecule has 0 N–H and O–H groups in total. The second-order valence-electron chi connectivity index (χ2n) is 7.52. The van der Waals surface area contributed by atoms with Gasteiger partial charge in [-0.25, -0.2) is 0 Å². The summed E-state index contributed by atoms with van der Waals surface area (Å²) in [7, 11) is 0. The zero-order chi connectivity index (χ0) is 13.5. The fourth-order valence-electron chi connectivity index (χ4n) is 3.89. The molecule has 2 aliphatic rings. The van der Waals surface area contributed by atoms with Crippen LogP contribution in [0.1, 0.15) is 51.2 Å². The number of hydrogen-bond acceptors (Lipinski definition) is 1. The predicted molar refractivity (Wildman–Crippen MR) is 81.1 cm³/mol. The Labute approximate surface area is 118 Å². The highest BCUT2D eigenvalue weighted by molar-refractivity contribution is 5.28. The molecule has 1 aromatic carbocycles. The van der Waals surface area contributed by atoms with Crippen molar-refractivity contribution < 1.29 is 0 Å². The Morgan fingerprint density at radius 3 is 2.53 bits per heavy atom. The van der Waals surface area contributed by atoms with Crippen LogP contribution in [0.25, 0.3) is 0 Å². The van der Waals surface area contributed by atoms with Gasteiger partial charge in [-0.05, 0) is 54.7 Å². The summed E-state index contributed by atoms with van der Waals surface area (Å²) in [5, 5.41) is 0. The molecule has 104 valence electrons. The van der Waals surface area contributed by atoms with Crippen LogP contribution in [0.15, 0.2) is 24.3 Å². The Kier molecular flexibility index (Phi) is 3.42. The molecule has 2 atom stereocenters. The molecule has 1 saturated heterocycles. The Morgan fingerprint density at radius 2 is 1.79 bits per heavy atom. The average Bonchev–Trinajstić information content (AvgIpc) is 2.55. The lowest BCUT2D eigenvalue weighted by molar-refractivity contribution is 0.0555. The molecule has 1 fully saturated rings. The van der Waals surface area contributed by atoms with E-state index in [1.165, 1.54) is 38.8 Å². The molecule has 0 spiro atoms. The van der Waals surface area contributed by atoms with Crippen molar-refractivity contribution in [2.24, 2.45) is 11.3 Å². The van der Waals surface area contributed by atoms with Gasteiger partial charge in [0.05, 0.1) is 0 Å². The largest absolute Gasteiger partial charge is 0.296 e. The minimum atomic E-state index is 0.477. The van der Waals surface area contributed by atoms with Gasteiger partial charge in [-0.1, -0.05) is 45.0 Å². The van der Waals surface area contributed by atoms with Crippen molar-refractivity contribution in [1.29, 1.82) is 0 Å². The lowest BCUT2D eigenvalue weighted by Gasteiger charge is -2.43. The van der Waals surface area contributed by atoms with Crippen LogP contribution >= 0.6 is 0 Å². The maximum Gasteiger partial charge on any atom is 0.0239 e. The van der Waals surface area contributed by atoms with Gasteiger partial charge in [0.25, 0.3) is 0 Å². The molecule has 0 radical (unpaired) electrons. The molecular formula is C18H27N. The minimum Gasteiger partial charge on any atom is -0.296 e. The zero-order valence-corrected chi connectivity index (χ0v) is 12.7. The molecule has 2 aliphatic heterocycles. The summed E-state index contributed by atoms with van der Waals surface area (Å²) >= 11 is 0. The van der Waals surface area contributed by atoms with Crippen LogP contribution in [-0.4, -0.2) is 17.5 Å². The first-order valence-electron chi connectivity index (χ1n) is 7.85. The van der Waals surface area contributed by atoms with Crippen LogP contribution in [0.3, 0.4) is 0 Å². The van der Waals surface area contributed by atoms with E-state index in [0.717, 1.165) is 12.0 Å². The molecule has 2 heterocycles. The molecule has 0 aliphatic carbocycles. The summed E-state index contributed by atoms with van der Waals surface area (Å²) in [6, 6.07) is 9.86. The fraction of sp³-hybridized carbons (Fsp3) is 0.667. The molecule has 0 amide bonds. The van der Waals surface area contributed by atoms with Crippen LogP contribution in [0.2, 0.25) is 0 Å². The second kappa shape index (κ2) is 4.94. The molecule has 0 bridgehead atoms. The van der Waals surface area contributed by atoms with Gasteiger partial charge in [0.2, 0.25) is 0 Å². The number of rotatable bonds is 0. The topological polar surface area (TPSA) is 3.24 Å². The maximum atomic E-state index is 2.74. The van der Waals surface area contributed by atoms with Gasteiger partial charge in [-0.2, -0.15) is 0 Å². The Balaban J connectivity index is 1.76. The number of nitrogens with zero attached hydrogens (tertiary/aromatic N) is 1. The normalized spacial score (nSPS) is 28.4. The van der Waals surface area contributed by atoms with Crippen molar-refractivity contribution in [3.05, 3.63) is 35.4 Å². The smallest absolute Gasteiger partial charge is 0.0239 e. The predicted octanol–water partition coefficient (Wildman–Crippen LogP) is 4.26. The van der Waals surface area contributed by atoms with E-state index in [1.54, 1.807) is 11.1 Å². The van der Waals surface area contributed by atoms with Gasteiger partial charge < -0.3 is 0 Å². The highest BCUT2D eigenvalue weighted by Gasteiger charge is 2.35. The van der Waals surface area contributed by atoms with Gasteiger partial charge in [-0.3, -0.25) is 4.90 Å². The summed E-state index contributed by atoms with van der Waals surface area (Å²) < 4.78 is 0. The van der Waals surface area contributed by atoms with Gasteiger partial charge in [0.1, 0.15) is 0 Å². The summed E-state index contributed by atoms with van der Waals surface area (Å²) in [5.41, 5.74) is 3.63. The molecule has 1 aromatic rings. The molecule has 1 heteroatoms. The van der Waals surface area contributed by atoms with Crippen molar-refractivity contribution in [3.8, 4) is 0 Å². The first kappa shape index (κ1) is 13.2. The van der Waals surface area contributed by atoms with Crippen molar-refractivity contribution >= 4 is 0 Å². The Bertz CT molecular complexity index is 443. The quantitative estimate of drug-likeness (QED) is 0.671. The summed E-state index contributed by atoms with van der Waals surface area (Å²) in [5.74, 6) is 0.898. The maximum absolute atomic E-state index is 2.74. The van der Waals surface area contributed by atoms with Crippen LogP contribution in [-0.2, 0) is 13.0 Å². The average molecular weight is 257 g/mol. The Morgan fingerprint density at radius 1 is 1.05 bits per heavy atom. The van der Waals surface area contributed by atoms with Crippen molar-refractivity contribution in [1.82, 2.24) is 4.90 Å². The van der Waals surface area contributed by atoms with Gasteiger partial charge in [0, 0.05) is 12.6 Å². The number of benzene rings is 1. The number of fused-ring (bicyclic) bond motifs is 2. The molecular weight excluding hydrogens is 230 g/mol. The third kappa shape index (κ3) is 2.72. The van der Waals surface area contributed by atoms with E-state index in [4.69, 9.17) is 0 Å².